The van der Waals surface area contributed by atoms with Crippen LogP contribution in [0.1, 0.15) is 33.7 Å². The van der Waals surface area contributed by atoms with Crippen molar-refractivity contribution in [3.05, 3.63) is 125 Å². The number of benzene rings is 4. The molecule has 1 heterocycles. The topological polar surface area (TPSA) is 120 Å². The number of phosphoric ester groups is 1. The Morgan fingerprint density at radius 1 is 0.905 bits per heavy atom. The highest BCUT2D eigenvalue weighted by Crippen LogP contribution is 2.55. The number of carboxylic acid groups (broad SMARTS) is 1. The summed E-state index contributed by atoms with van der Waals surface area (Å²) in [6.07, 6.45) is -0.819. The van der Waals surface area contributed by atoms with E-state index < -0.39 is 25.9 Å². The quantitative estimate of drug-likeness (QED) is 0.215. The number of aliphatic carboxylic acids is 1. The van der Waals surface area contributed by atoms with E-state index in [1.165, 1.54) is 0 Å². The highest BCUT2D eigenvalue weighted by Gasteiger charge is 2.35. The van der Waals surface area contributed by atoms with Crippen LogP contribution in [0.25, 0.3) is 11.1 Å². The van der Waals surface area contributed by atoms with Crippen LogP contribution in [0.4, 0.5) is 4.79 Å². The van der Waals surface area contributed by atoms with Crippen LogP contribution in [-0.2, 0) is 42.8 Å². The Bertz CT molecular complexity index is 1630. The number of hydrogen-bond acceptors (Lipinski definition) is 7. The number of amides is 1. The molecule has 2 atom stereocenters. The third-order valence-electron chi connectivity index (χ3n) is 7.32. The molecule has 214 valence electrons. The maximum atomic E-state index is 12.9. The van der Waals surface area contributed by atoms with E-state index in [0.29, 0.717) is 16.9 Å². The van der Waals surface area contributed by atoms with Crippen molar-refractivity contribution in [1.82, 2.24) is 5.32 Å². The molecule has 4 aromatic carbocycles. The normalized spacial score (nSPS) is 17.7. The lowest BCUT2D eigenvalue weighted by Crippen LogP contribution is -2.43. The minimum absolute atomic E-state index is 0.00498. The van der Waals surface area contributed by atoms with E-state index in [1.807, 2.05) is 78.9 Å². The highest BCUT2D eigenvalue weighted by molar-refractivity contribution is 7.49. The number of phosphoric acid groups is 1. The summed E-state index contributed by atoms with van der Waals surface area (Å²) in [5, 5.41) is 12.3. The van der Waals surface area contributed by atoms with Crippen LogP contribution < -0.4 is 9.84 Å². The summed E-state index contributed by atoms with van der Waals surface area (Å²) in [7, 11) is -3.81. The van der Waals surface area contributed by atoms with Crippen LogP contribution in [-0.4, -0.2) is 29.8 Å². The number of carbonyl (C=O) groups excluding carboxylic acids is 1. The number of ether oxygens (including phenoxy) is 1. The third kappa shape index (κ3) is 5.94. The second-order valence-electron chi connectivity index (χ2n) is 10.1. The van der Waals surface area contributed by atoms with Crippen molar-refractivity contribution in [1.29, 1.82) is 0 Å². The molecule has 0 bridgehead atoms. The van der Waals surface area contributed by atoms with Gasteiger partial charge in [0, 0.05) is 17.9 Å². The van der Waals surface area contributed by atoms with Gasteiger partial charge < -0.3 is 19.7 Å². The Hall–Kier alpha value is -4.43. The summed E-state index contributed by atoms with van der Waals surface area (Å²) in [6, 6.07) is 28.9. The molecule has 1 amide bonds. The van der Waals surface area contributed by atoms with Crippen molar-refractivity contribution in [3.63, 3.8) is 0 Å². The van der Waals surface area contributed by atoms with Gasteiger partial charge in [0.05, 0.1) is 13.2 Å². The number of carboxylic acids is 1. The average molecular weight is 586 g/mol. The molecule has 4 aromatic rings. The molecule has 10 heteroatoms. The summed E-state index contributed by atoms with van der Waals surface area (Å²) in [6.45, 7) is 0.103. The lowest BCUT2D eigenvalue weighted by atomic mass is 9.98. The number of fused-ring (bicyclic) bond motifs is 4. The molecule has 0 spiro atoms. The van der Waals surface area contributed by atoms with Gasteiger partial charge in [0.2, 0.25) is 0 Å². The van der Waals surface area contributed by atoms with Crippen molar-refractivity contribution in [2.75, 3.05) is 6.61 Å². The molecule has 0 radical (unpaired) electrons. The first-order valence-corrected chi connectivity index (χ1v) is 14.9. The fourth-order valence-corrected chi connectivity index (χ4v) is 6.47. The molecule has 9 nitrogen and oxygen atoms in total. The summed E-state index contributed by atoms with van der Waals surface area (Å²) < 4.78 is 34.9. The molecule has 1 aliphatic heterocycles. The molecule has 2 N–H and O–H groups in total. The van der Waals surface area contributed by atoms with Gasteiger partial charge in [-0.2, -0.15) is 0 Å². The van der Waals surface area contributed by atoms with E-state index >= 15 is 0 Å². The molecule has 2 aliphatic rings. The lowest BCUT2D eigenvalue weighted by Gasteiger charge is -2.25. The maximum absolute atomic E-state index is 12.9. The van der Waals surface area contributed by atoms with Gasteiger partial charge in [-0.1, -0.05) is 84.9 Å². The minimum Gasteiger partial charge on any atom is -0.480 e. The van der Waals surface area contributed by atoms with Gasteiger partial charge >= 0.3 is 19.9 Å². The maximum Gasteiger partial charge on any atom is 0.530 e. The fraction of sp³-hybridized carbons (Fsp3) is 0.188. The molecular formula is C32H28NO8P. The molecule has 0 fully saturated rings. The average Bonchev–Trinajstić information content (AvgIpc) is 3.33. The van der Waals surface area contributed by atoms with Gasteiger partial charge in [-0.05, 0) is 45.5 Å². The van der Waals surface area contributed by atoms with E-state index in [-0.39, 0.29) is 32.2 Å². The van der Waals surface area contributed by atoms with Crippen molar-refractivity contribution in [2.45, 2.75) is 31.6 Å². The van der Waals surface area contributed by atoms with Crippen molar-refractivity contribution in [2.24, 2.45) is 0 Å². The summed E-state index contributed by atoms with van der Waals surface area (Å²) in [5.74, 6) is -1.01. The predicted octanol–water partition coefficient (Wildman–Crippen LogP) is 6.45. The zero-order valence-electron chi connectivity index (χ0n) is 22.5. The third-order valence-corrected chi connectivity index (χ3v) is 8.63. The highest BCUT2D eigenvalue weighted by atomic mass is 31.2. The van der Waals surface area contributed by atoms with Crippen molar-refractivity contribution in [3.8, 4) is 16.9 Å². The number of alkyl carbamates (subject to hydrolysis) is 1. The Morgan fingerprint density at radius 2 is 1.57 bits per heavy atom. The Morgan fingerprint density at radius 3 is 2.26 bits per heavy atom. The number of nitrogens with one attached hydrogen (secondary N) is 1. The van der Waals surface area contributed by atoms with Gasteiger partial charge in [-0.3, -0.25) is 9.05 Å². The van der Waals surface area contributed by atoms with Gasteiger partial charge in [-0.15, -0.1) is 0 Å². The Balaban J connectivity index is 1.07. The van der Waals surface area contributed by atoms with E-state index in [0.717, 1.165) is 27.8 Å². The molecular weight excluding hydrogens is 557 g/mol. The van der Waals surface area contributed by atoms with E-state index in [9.17, 15) is 19.3 Å². The number of rotatable bonds is 9. The standard InChI is InChI=1S/C32H28NO8P/c34-31(35)29(33-32(36)38-20-28-26-12-6-4-10-24(26)25-11-5-7-13-27(25)28)17-22-14-15-30-23(16-22)19-40-42(37,41-30)39-18-21-8-2-1-3-9-21/h1-16,28-29H,17-20H2,(H,33,36)(H,34,35)/t29-,42?/m0/s1. The molecule has 0 saturated heterocycles. The molecule has 6 rings (SSSR count). The van der Waals surface area contributed by atoms with Crippen LogP contribution in [0, 0.1) is 0 Å². The van der Waals surface area contributed by atoms with Crippen LogP contribution in [0.15, 0.2) is 97.1 Å². The molecule has 1 unspecified atom stereocenters. The second-order valence-corrected chi connectivity index (χ2v) is 11.7. The fourth-order valence-electron chi connectivity index (χ4n) is 5.27. The van der Waals surface area contributed by atoms with E-state index in [1.54, 1.807) is 18.2 Å². The van der Waals surface area contributed by atoms with Gasteiger partial charge in [0.15, 0.2) is 0 Å². The minimum atomic E-state index is -3.81. The Labute approximate surface area is 242 Å². The van der Waals surface area contributed by atoms with Crippen LogP contribution >= 0.6 is 7.82 Å². The van der Waals surface area contributed by atoms with Gasteiger partial charge in [0.1, 0.15) is 18.4 Å². The predicted molar refractivity (Wildman–Crippen MR) is 154 cm³/mol. The first-order valence-electron chi connectivity index (χ1n) is 13.5. The molecule has 1 aliphatic carbocycles. The summed E-state index contributed by atoms with van der Waals surface area (Å²) in [4.78, 5) is 24.7. The smallest absolute Gasteiger partial charge is 0.480 e. The van der Waals surface area contributed by atoms with Crippen LogP contribution in [0.5, 0.6) is 5.75 Å². The van der Waals surface area contributed by atoms with Gasteiger partial charge in [0.25, 0.3) is 0 Å². The summed E-state index contributed by atoms with van der Waals surface area (Å²) >= 11 is 0. The molecule has 42 heavy (non-hydrogen) atoms. The SMILES string of the molecule is O=C(N[C@@H](Cc1ccc2c(c1)COP(=O)(OCc1ccccc1)O2)C(=O)O)OCC1c2ccccc2-c2ccccc21. The largest absolute Gasteiger partial charge is 0.530 e. The first-order chi connectivity index (χ1) is 20.4. The molecule has 0 saturated carbocycles. The first kappa shape index (κ1) is 27.7. The monoisotopic (exact) mass is 585 g/mol. The van der Waals surface area contributed by atoms with E-state index in [2.05, 4.69) is 5.32 Å². The molecule has 0 aromatic heterocycles. The zero-order valence-corrected chi connectivity index (χ0v) is 23.4. The van der Waals surface area contributed by atoms with E-state index in [4.69, 9.17) is 18.3 Å². The summed E-state index contributed by atoms with van der Waals surface area (Å²) in [5.41, 5.74) is 6.37. The zero-order chi connectivity index (χ0) is 29.1. The number of carbonyl (C=O) groups is 2. The van der Waals surface area contributed by atoms with Crippen LogP contribution in [0.2, 0.25) is 0 Å². The van der Waals surface area contributed by atoms with Crippen LogP contribution in [0.3, 0.4) is 0 Å². The van der Waals surface area contributed by atoms with Crippen molar-refractivity contribution < 1.29 is 37.6 Å². The Kier molecular flexibility index (Phi) is 7.80. The van der Waals surface area contributed by atoms with Crippen molar-refractivity contribution >= 4 is 19.9 Å². The second kappa shape index (κ2) is 11.8. The lowest BCUT2D eigenvalue weighted by molar-refractivity contribution is -0.139. The van der Waals surface area contributed by atoms with Gasteiger partial charge in [-0.25, -0.2) is 14.2 Å². The number of hydrogen-bond donors (Lipinski definition) is 2.